The van der Waals surface area contributed by atoms with Crippen molar-refractivity contribution in [2.45, 2.75) is 39.2 Å². The highest BCUT2D eigenvalue weighted by atomic mass is 16.5. The number of carbonyl (C=O) groups is 1. The molecule has 0 bridgehead atoms. The fourth-order valence-electron chi connectivity index (χ4n) is 3.50. The topological polar surface area (TPSA) is 56.2 Å². The summed E-state index contributed by atoms with van der Waals surface area (Å²) in [6.45, 7) is 8.10. The van der Waals surface area contributed by atoms with Crippen LogP contribution in [0, 0.1) is 5.41 Å². The number of methoxy groups -OCH3 is 1. The quantitative estimate of drug-likeness (QED) is 0.847. The first-order valence-electron chi connectivity index (χ1n) is 8.55. The molecule has 0 unspecified atom stereocenters. The molecule has 25 heavy (non-hydrogen) atoms. The van der Waals surface area contributed by atoms with Gasteiger partial charge in [-0.05, 0) is 42.5 Å². The average Bonchev–Trinajstić information content (AvgIpc) is 2.97. The Hall–Kier alpha value is -2.56. The second kappa shape index (κ2) is 6.75. The fraction of sp³-hybridized carbons (Fsp3) is 0.400. The number of rotatable bonds is 5. The number of fused-ring (bicyclic) bond motifs is 1. The Kier molecular flexibility index (Phi) is 4.66. The highest BCUT2D eigenvalue weighted by Gasteiger charge is 2.35. The van der Waals surface area contributed by atoms with Crippen molar-refractivity contribution in [1.29, 1.82) is 0 Å². The van der Waals surface area contributed by atoms with Crippen LogP contribution in [0.25, 0.3) is 5.69 Å². The van der Waals surface area contributed by atoms with Crippen molar-refractivity contribution in [2.24, 2.45) is 5.41 Å². The third kappa shape index (κ3) is 3.60. The van der Waals surface area contributed by atoms with Gasteiger partial charge in [-0.3, -0.25) is 4.79 Å². The van der Waals surface area contributed by atoms with Gasteiger partial charge in [-0.1, -0.05) is 19.9 Å². The molecule has 1 amide bonds. The van der Waals surface area contributed by atoms with Gasteiger partial charge in [-0.15, -0.1) is 6.58 Å². The first-order chi connectivity index (χ1) is 11.9. The Morgan fingerprint density at radius 3 is 2.80 bits per heavy atom. The van der Waals surface area contributed by atoms with Crippen molar-refractivity contribution >= 4 is 5.91 Å². The van der Waals surface area contributed by atoms with E-state index in [1.54, 1.807) is 13.2 Å². The Morgan fingerprint density at radius 2 is 2.16 bits per heavy atom. The summed E-state index contributed by atoms with van der Waals surface area (Å²) in [6.07, 6.45) is 5.66. The second-order valence-electron chi connectivity index (χ2n) is 7.31. The number of nitrogens with one attached hydrogen (secondary N) is 1. The van der Waals surface area contributed by atoms with E-state index >= 15 is 0 Å². The number of hydrogen-bond acceptors (Lipinski definition) is 3. The largest absolute Gasteiger partial charge is 0.497 e. The van der Waals surface area contributed by atoms with Crippen molar-refractivity contribution in [3.05, 3.63) is 54.4 Å². The molecule has 0 spiro atoms. The maximum atomic E-state index is 12.1. The molecule has 132 valence electrons. The van der Waals surface area contributed by atoms with E-state index < -0.39 is 0 Å². The van der Waals surface area contributed by atoms with E-state index in [1.165, 1.54) is 0 Å². The highest BCUT2D eigenvalue weighted by molar-refractivity contribution is 5.78. The molecule has 0 aliphatic heterocycles. The van der Waals surface area contributed by atoms with Crippen LogP contribution in [0.4, 0.5) is 0 Å². The maximum absolute atomic E-state index is 12.1. The zero-order chi connectivity index (χ0) is 18.0. The molecule has 1 N–H and O–H groups in total. The summed E-state index contributed by atoms with van der Waals surface area (Å²) in [6, 6.07) is 7.85. The van der Waals surface area contributed by atoms with Crippen molar-refractivity contribution in [3.63, 3.8) is 0 Å². The number of ether oxygens (including phenoxy) is 1. The van der Waals surface area contributed by atoms with Gasteiger partial charge in [0.15, 0.2) is 0 Å². The molecule has 1 aromatic heterocycles. The molecule has 5 nitrogen and oxygen atoms in total. The molecule has 1 aliphatic rings. The van der Waals surface area contributed by atoms with Gasteiger partial charge >= 0.3 is 0 Å². The number of amides is 1. The lowest BCUT2D eigenvalue weighted by atomic mass is 9.74. The van der Waals surface area contributed by atoms with Gasteiger partial charge in [0.2, 0.25) is 5.91 Å². The minimum atomic E-state index is -0.0156. The van der Waals surface area contributed by atoms with Gasteiger partial charge < -0.3 is 10.1 Å². The number of carbonyl (C=O) groups excluding carboxylic acids is 1. The van der Waals surface area contributed by atoms with Crippen molar-refractivity contribution < 1.29 is 9.53 Å². The van der Waals surface area contributed by atoms with Crippen LogP contribution in [-0.2, 0) is 11.2 Å². The van der Waals surface area contributed by atoms with Gasteiger partial charge in [0.1, 0.15) is 5.75 Å². The predicted molar refractivity (Wildman–Crippen MR) is 97.9 cm³/mol. The van der Waals surface area contributed by atoms with E-state index in [-0.39, 0.29) is 17.4 Å². The molecule has 1 aromatic carbocycles. The zero-order valence-electron chi connectivity index (χ0n) is 15.1. The van der Waals surface area contributed by atoms with Crippen molar-refractivity contribution in [1.82, 2.24) is 15.1 Å². The number of nitrogens with zero attached hydrogens (tertiary/aromatic N) is 2. The first kappa shape index (κ1) is 17.3. The Labute approximate surface area is 148 Å². The van der Waals surface area contributed by atoms with Crippen LogP contribution in [-0.4, -0.2) is 22.8 Å². The molecular weight excluding hydrogens is 314 g/mol. The lowest BCUT2D eigenvalue weighted by Crippen LogP contribution is -2.36. The fourth-order valence-corrected chi connectivity index (χ4v) is 3.50. The summed E-state index contributed by atoms with van der Waals surface area (Å²) in [4.78, 5) is 12.1. The summed E-state index contributed by atoms with van der Waals surface area (Å²) >= 11 is 0. The maximum Gasteiger partial charge on any atom is 0.224 e. The van der Waals surface area contributed by atoms with Crippen LogP contribution >= 0.6 is 0 Å². The molecule has 0 saturated heterocycles. The first-order valence-corrected chi connectivity index (χ1v) is 8.55. The summed E-state index contributed by atoms with van der Waals surface area (Å²) < 4.78 is 7.21. The van der Waals surface area contributed by atoms with Crippen molar-refractivity contribution in [2.75, 3.05) is 7.11 Å². The molecule has 0 saturated carbocycles. The molecule has 1 aliphatic carbocycles. The molecule has 1 atom stereocenters. The van der Waals surface area contributed by atoms with E-state index in [1.807, 2.05) is 35.1 Å². The van der Waals surface area contributed by atoms with Gasteiger partial charge in [-0.2, -0.15) is 5.10 Å². The van der Waals surface area contributed by atoms with Crippen LogP contribution < -0.4 is 10.1 Å². The van der Waals surface area contributed by atoms with E-state index in [9.17, 15) is 4.79 Å². The van der Waals surface area contributed by atoms with Gasteiger partial charge in [0, 0.05) is 12.0 Å². The Morgan fingerprint density at radius 1 is 1.44 bits per heavy atom. The molecule has 2 aromatic rings. The summed E-state index contributed by atoms with van der Waals surface area (Å²) in [5.74, 6) is 0.820. The third-order valence-electron chi connectivity index (χ3n) is 4.66. The average molecular weight is 339 g/mol. The van der Waals surface area contributed by atoms with E-state index in [4.69, 9.17) is 4.74 Å². The summed E-state index contributed by atoms with van der Waals surface area (Å²) in [5, 5.41) is 7.73. The van der Waals surface area contributed by atoms with Crippen LogP contribution in [0.5, 0.6) is 5.75 Å². The normalized spacial score (nSPS) is 18.3. The molecular formula is C20H25N3O2. The van der Waals surface area contributed by atoms with E-state index in [2.05, 4.69) is 30.8 Å². The molecule has 3 rings (SSSR count). The lowest BCUT2D eigenvalue weighted by Gasteiger charge is -2.36. The number of hydrogen-bond donors (Lipinski definition) is 1. The van der Waals surface area contributed by atoms with Crippen molar-refractivity contribution in [3.8, 4) is 11.4 Å². The Balaban J connectivity index is 1.96. The van der Waals surface area contributed by atoms with Crippen LogP contribution in [0.1, 0.15) is 44.0 Å². The van der Waals surface area contributed by atoms with Crippen LogP contribution in [0.2, 0.25) is 0 Å². The molecule has 0 radical (unpaired) electrons. The number of aromatic nitrogens is 2. The lowest BCUT2D eigenvalue weighted by molar-refractivity contribution is -0.121. The number of benzene rings is 1. The van der Waals surface area contributed by atoms with Gasteiger partial charge in [0.25, 0.3) is 0 Å². The minimum Gasteiger partial charge on any atom is -0.497 e. The zero-order valence-corrected chi connectivity index (χ0v) is 15.1. The minimum absolute atomic E-state index is 0.000785. The smallest absolute Gasteiger partial charge is 0.224 e. The highest BCUT2D eigenvalue weighted by Crippen LogP contribution is 2.41. The predicted octanol–water partition coefficient (Wildman–Crippen LogP) is 3.59. The molecule has 0 fully saturated rings. The Bertz CT molecular complexity index is 775. The standard InChI is InChI=1S/C20H25N3O2/c1-5-6-19(24)22-17-11-20(2,3)12-18-16(17)13-21-23(18)14-7-9-15(25-4)10-8-14/h5,7-10,13,17H,1,6,11-12H2,2-4H3,(H,22,24)/t17-/m1/s1. The third-order valence-corrected chi connectivity index (χ3v) is 4.66. The van der Waals surface area contributed by atoms with Crippen LogP contribution in [0.15, 0.2) is 43.1 Å². The van der Waals surface area contributed by atoms with E-state index in [0.717, 1.165) is 35.5 Å². The van der Waals surface area contributed by atoms with Crippen LogP contribution in [0.3, 0.4) is 0 Å². The van der Waals surface area contributed by atoms with E-state index in [0.29, 0.717) is 6.42 Å². The van der Waals surface area contributed by atoms with Gasteiger partial charge in [0.05, 0.1) is 30.7 Å². The SMILES string of the molecule is C=CCC(=O)N[C@@H]1CC(C)(C)Cc2c1cnn2-c1ccc(OC)cc1. The monoisotopic (exact) mass is 339 g/mol. The summed E-state index contributed by atoms with van der Waals surface area (Å²) in [7, 11) is 1.66. The molecule has 1 heterocycles. The summed E-state index contributed by atoms with van der Waals surface area (Å²) in [5.41, 5.74) is 3.34. The molecule has 5 heteroatoms. The van der Waals surface area contributed by atoms with Gasteiger partial charge in [-0.25, -0.2) is 4.68 Å². The second-order valence-corrected chi connectivity index (χ2v) is 7.31.